The van der Waals surface area contributed by atoms with Gasteiger partial charge in [0.1, 0.15) is 0 Å². The van der Waals surface area contributed by atoms with E-state index in [9.17, 15) is 9.36 Å². The molecule has 1 unspecified atom stereocenters. The molecule has 4 nitrogen and oxygen atoms in total. The highest BCUT2D eigenvalue weighted by Gasteiger charge is 2.16. The molecule has 0 amide bonds. The van der Waals surface area contributed by atoms with Crippen molar-refractivity contribution >= 4 is 19.3 Å². The Balaban J connectivity index is 2.93. The maximum Gasteiger partial charge on any atom is 0.546 e. The number of carbonyl (C=O) groups excluding carboxylic acids is 1. The van der Waals surface area contributed by atoms with Gasteiger partial charge in [-0.3, -0.25) is 0 Å². The van der Waals surface area contributed by atoms with Crippen LogP contribution in [0.3, 0.4) is 0 Å². The molecule has 68 valence electrons. The molecule has 13 heavy (non-hydrogen) atoms. The molecule has 1 N–H and O–H groups in total. The van der Waals surface area contributed by atoms with Crippen LogP contribution in [-0.2, 0) is 9.30 Å². The first-order chi connectivity index (χ1) is 6.15. The molecule has 0 fully saturated rings. The number of ether oxygens (including phenoxy) is 1. The fraction of sp³-hybridized carbons (Fsp3) is 0.125. The fourth-order valence-corrected chi connectivity index (χ4v) is 1.25. The van der Waals surface area contributed by atoms with E-state index >= 15 is 0 Å². The zero-order valence-corrected chi connectivity index (χ0v) is 7.82. The van der Waals surface area contributed by atoms with Crippen LogP contribution in [0.4, 0.5) is 0 Å². The lowest BCUT2D eigenvalue weighted by Crippen LogP contribution is -2.03. The molecule has 1 atom stereocenters. The highest BCUT2D eigenvalue weighted by atomic mass is 31.1. The van der Waals surface area contributed by atoms with Gasteiger partial charge in [0.05, 0.1) is 12.7 Å². The van der Waals surface area contributed by atoms with Crippen LogP contribution in [0.5, 0.6) is 0 Å². The second kappa shape index (κ2) is 4.12. The monoisotopic (exact) mass is 199 g/mol. The van der Waals surface area contributed by atoms with Gasteiger partial charge in [-0.05, 0) is 28.8 Å². The zero-order chi connectivity index (χ0) is 9.84. The summed E-state index contributed by atoms with van der Waals surface area (Å²) in [6.45, 7) is 0. The lowest BCUT2D eigenvalue weighted by Gasteiger charge is -1.95. The number of benzene rings is 1. The highest BCUT2D eigenvalue weighted by molar-refractivity contribution is 7.47. The number of carbonyl (C=O) groups is 1. The molecule has 0 saturated heterocycles. The van der Waals surface area contributed by atoms with Gasteiger partial charge < -0.3 is 4.74 Å². The minimum Gasteiger partial charge on any atom is -0.465 e. The second-order valence-electron chi connectivity index (χ2n) is 2.31. The molecule has 5 heteroatoms. The molecule has 0 saturated carbocycles. The van der Waals surface area contributed by atoms with Crippen molar-refractivity contribution in [3.8, 4) is 0 Å². The molecule has 0 aliphatic carbocycles. The number of rotatable bonds is 2. The summed E-state index contributed by atoms with van der Waals surface area (Å²) in [4.78, 5) is 19.6. The molecule has 0 aliphatic rings. The van der Waals surface area contributed by atoms with Gasteiger partial charge in [0.25, 0.3) is 0 Å². The molecular weight excluding hydrogens is 191 g/mol. The largest absolute Gasteiger partial charge is 0.546 e. The van der Waals surface area contributed by atoms with Gasteiger partial charge in [-0.1, -0.05) is 0 Å². The maximum atomic E-state index is 10.9. The van der Waals surface area contributed by atoms with E-state index in [1.807, 2.05) is 0 Å². The quantitative estimate of drug-likeness (QED) is 0.566. The molecule has 1 aromatic rings. The summed E-state index contributed by atoms with van der Waals surface area (Å²) in [6, 6.07) is 5.74. The van der Waals surface area contributed by atoms with Crippen LogP contribution >= 0.6 is 8.03 Å². The van der Waals surface area contributed by atoms with E-state index in [4.69, 9.17) is 4.89 Å². The summed E-state index contributed by atoms with van der Waals surface area (Å²) in [6.07, 6.45) is 0. The first-order valence-corrected chi connectivity index (χ1v) is 4.71. The zero-order valence-electron chi connectivity index (χ0n) is 6.93. The molecule has 0 radical (unpaired) electrons. The molecule has 1 aromatic carbocycles. The molecule has 0 heterocycles. The second-order valence-corrected chi connectivity index (χ2v) is 3.37. The number of methoxy groups -OCH3 is 1. The Hall–Kier alpha value is -1.25. The summed E-state index contributed by atoms with van der Waals surface area (Å²) < 4.78 is 15.0. The summed E-state index contributed by atoms with van der Waals surface area (Å²) >= 11 is 0. The normalized spacial score (nSPS) is 10.8. The minimum absolute atomic E-state index is 0.294. The van der Waals surface area contributed by atoms with E-state index in [2.05, 4.69) is 4.74 Å². The maximum absolute atomic E-state index is 10.9. The molecule has 0 spiro atoms. The average Bonchev–Trinajstić information content (AvgIpc) is 2.17. The Bertz CT molecular complexity index is 331. The van der Waals surface area contributed by atoms with E-state index in [0.29, 0.717) is 10.9 Å². The van der Waals surface area contributed by atoms with Crippen molar-refractivity contribution in [2.45, 2.75) is 0 Å². The van der Waals surface area contributed by atoms with Gasteiger partial charge in [0.2, 0.25) is 5.30 Å². The van der Waals surface area contributed by atoms with Gasteiger partial charge in [-0.15, -0.1) is 0 Å². The van der Waals surface area contributed by atoms with Crippen molar-refractivity contribution in [2.24, 2.45) is 0 Å². The topological polar surface area (TPSA) is 63.6 Å². The van der Waals surface area contributed by atoms with Gasteiger partial charge in [-0.2, -0.15) is 4.89 Å². The molecule has 0 bridgehead atoms. The van der Waals surface area contributed by atoms with Gasteiger partial charge in [0, 0.05) is 0 Å². The SMILES string of the molecule is COC(=O)c1ccc([P+](=O)O)cc1. The van der Waals surface area contributed by atoms with Crippen LogP contribution < -0.4 is 5.30 Å². The van der Waals surface area contributed by atoms with Crippen molar-refractivity contribution in [2.75, 3.05) is 7.11 Å². The number of hydrogen-bond donors (Lipinski definition) is 1. The Morgan fingerprint density at radius 3 is 2.31 bits per heavy atom. The third kappa shape index (κ3) is 2.34. The Labute approximate surface area is 76.0 Å². The first-order valence-electron chi connectivity index (χ1n) is 3.49. The van der Waals surface area contributed by atoms with Crippen LogP contribution in [0.2, 0.25) is 0 Å². The lowest BCUT2D eigenvalue weighted by atomic mass is 10.2. The minimum atomic E-state index is -2.33. The van der Waals surface area contributed by atoms with Crippen LogP contribution in [0, 0.1) is 0 Å². The molecule has 0 aliphatic heterocycles. The van der Waals surface area contributed by atoms with Crippen LogP contribution in [-0.4, -0.2) is 18.0 Å². The third-order valence-electron chi connectivity index (χ3n) is 1.51. The Morgan fingerprint density at radius 2 is 1.92 bits per heavy atom. The van der Waals surface area contributed by atoms with E-state index in [-0.39, 0.29) is 0 Å². The lowest BCUT2D eigenvalue weighted by molar-refractivity contribution is 0.0601. The smallest absolute Gasteiger partial charge is 0.465 e. The van der Waals surface area contributed by atoms with E-state index in [1.54, 1.807) is 0 Å². The Morgan fingerprint density at radius 1 is 1.38 bits per heavy atom. The van der Waals surface area contributed by atoms with Crippen LogP contribution in [0.1, 0.15) is 10.4 Å². The fourth-order valence-electron chi connectivity index (χ4n) is 0.843. The van der Waals surface area contributed by atoms with E-state index in [1.165, 1.54) is 31.4 Å². The van der Waals surface area contributed by atoms with Crippen molar-refractivity contribution in [3.05, 3.63) is 29.8 Å². The van der Waals surface area contributed by atoms with E-state index in [0.717, 1.165) is 0 Å². The highest BCUT2D eigenvalue weighted by Crippen LogP contribution is 2.12. The van der Waals surface area contributed by atoms with Crippen molar-refractivity contribution in [1.29, 1.82) is 0 Å². The first kappa shape index (κ1) is 9.84. The molecular formula is C8H8O4P+. The number of hydrogen-bond acceptors (Lipinski definition) is 3. The summed E-state index contributed by atoms with van der Waals surface area (Å²) in [7, 11) is -1.05. The van der Waals surface area contributed by atoms with Crippen LogP contribution in [0.15, 0.2) is 24.3 Å². The van der Waals surface area contributed by atoms with Gasteiger partial charge >= 0.3 is 14.0 Å². The Kier molecular flexibility index (Phi) is 3.12. The summed E-state index contributed by atoms with van der Waals surface area (Å²) in [5.41, 5.74) is 0.364. The van der Waals surface area contributed by atoms with Crippen LogP contribution in [0.25, 0.3) is 0 Å². The number of esters is 1. The standard InChI is InChI=1S/C8H7O4P/c1-12-8(9)6-2-4-7(5-3-6)13(10)11/h2-5H,1H3/p+1. The molecule has 0 aromatic heterocycles. The van der Waals surface area contributed by atoms with Crippen molar-refractivity contribution in [1.82, 2.24) is 0 Å². The molecule has 1 rings (SSSR count). The average molecular weight is 199 g/mol. The summed E-state index contributed by atoms with van der Waals surface area (Å²) in [5.74, 6) is -0.459. The van der Waals surface area contributed by atoms with Crippen molar-refractivity contribution < 1.29 is 19.0 Å². The van der Waals surface area contributed by atoms with Gasteiger partial charge in [0.15, 0.2) is 0 Å². The van der Waals surface area contributed by atoms with Gasteiger partial charge in [-0.25, -0.2) is 4.79 Å². The van der Waals surface area contributed by atoms with Crippen molar-refractivity contribution in [3.63, 3.8) is 0 Å². The van der Waals surface area contributed by atoms with E-state index < -0.39 is 14.0 Å². The third-order valence-corrected chi connectivity index (χ3v) is 2.25. The summed E-state index contributed by atoms with van der Waals surface area (Å²) in [5, 5.41) is 0.294. The predicted molar refractivity (Wildman–Crippen MR) is 47.2 cm³/mol. The predicted octanol–water partition coefficient (Wildman–Crippen LogP) is 0.833.